The zero-order chi connectivity index (χ0) is 17.9. The van der Waals surface area contributed by atoms with Crippen LogP contribution in [0.3, 0.4) is 0 Å². The molecule has 0 radical (unpaired) electrons. The predicted molar refractivity (Wildman–Crippen MR) is 87.2 cm³/mol. The summed E-state index contributed by atoms with van der Waals surface area (Å²) in [5.74, 6) is 0. The second kappa shape index (κ2) is 11.6. The van der Waals surface area contributed by atoms with E-state index in [-0.39, 0.29) is 5.12 Å². The number of piperidine rings is 1. The Morgan fingerprint density at radius 3 is 1.96 bits per heavy atom. The van der Waals surface area contributed by atoms with Crippen molar-refractivity contribution < 1.29 is 24.0 Å². The molecule has 1 aliphatic rings. The van der Waals surface area contributed by atoms with Gasteiger partial charge in [-0.15, -0.1) is 0 Å². The smallest absolute Gasteiger partial charge is 0.234 e. The molecule has 1 fully saturated rings. The van der Waals surface area contributed by atoms with Gasteiger partial charge in [0.15, 0.2) is 0 Å². The number of rotatable bonds is 2. The Kier molecular flexibility index (Phi) is 11.2. The monoisotopic (exact) mass is 361 g/mol. The fraction of sp³-hybridized carbons (Fsp3) is 0.500. The van der Waals surface area contributed by atoms with Crippen LogP contribution in [0.5, 0.6) is 0 Å². The number of hydrogen-bond acceptors (Lipinski definition) is 8. The first kappa shape index (κ1) is 22.1. The van der Waals surface area contributed by atoms with E-state index in [1.54, 1.807) is 24.3 Å². The summed E-state index contributed by atoms with van der Waals surface area (Å²) in [5, 5.41) is 0.113. The Balaban J connectivity index is 0.000000594. The third kappa shape index (κ3) is 12.2. The van der Waals surface area contributed by atoms with Gasteiger partial charge in [0, 0.05) is 36.3 Å². The number of phosphoric acid groups is 1. The Morgan fingerprint density at radius 2 is 1.52 bits per heavy atom. The number of anilines is 1. The van der Waals surface area contributed by atoms with E-state index < -0.39 is 7.82 Å². The van der Waals surface area contributed by atoms with E-state index >= 15 is 0 Å². The molecule has 1 aliphatic heterocycles. The van der Waals surface area contributed by atoms with E-state index in [2.05, 4.69) is 4.31 Å². The van der Waals surface area contributed by atoms with Gasteiger partial charge in [0.05, 0.1) is 0 Å². The van der Waals surface area contributed by atoms with E-state index in [0.29, 0.717) is 5.69 Å². The number of benzene rings is 1. The van der Waals surface area contributed by atoms with E-state index in [0.717, 1.165) is 18.7 Å². The lowest BCUT2D eigenvalue weighted by molar-refractivity contribution is -0.432. The predicted octanol–water partition coefficient (Wildman–Crippen LogP) is 0.745. The largest absolute Gasteiger partial charge is 0.822 e. The molecule has 0 bridgehead atoms. The van der Waals surface area contributed by atoms with Crippen molar-refractivity contribution >= 4 is 30.6 Å². The molecule has 0 aliphatic carbocycles. The molecular weight excluding hydrogens is 339 g/mol. The molecule has 9 heteroatoms. The summed E-state index contributed by atoms with van der Waals surface area (Å²) in [6.07, 6.45) is 3.68. The molecule has 1 heterocycles. The summed E-state index contributed by atoms with van der Waals surface area (Å²) in [7, 11) is -5.39. The van der Waals surface area contributed by atoms with Crippen LogP contribution in [0.25, 0.3) is 0 Å². The lowest BCUT2D eigenvalue weighted by Gasteiger charge is -2.36. The Morgan fingerprint density at radius 1 is 1.09 bits per heavy atom. The first-order valence-corrected chi connectivity index (χ1v) is 9.55. The highest BCUT2D eigenvalue weighted by Crippen LogP contribution is 2.22. The Labute approximate surface area is 141 Å². The minimum absolute atomic E-state index is 0.113. The van der Waals surface area contributed by atoms with Crippen LogP contribution in [0.15, 0.2) is 24.3 Å². The van der Waals surface area contributed by atoms with Gasteiger partial charge in [-0.25, -0.2) is 4.31 Å². The summed E-state index contributed by atoms with van der Waals surface area (Å²) in [6.45, 7) is 6.04. The molecule has 1 aromatic rings. The van der Waals surface area contributed by atoms with Gasteiger partial charge in [-0.2, -0.15) is 7.82 Å². The fourth-order valence-electron chi connectivity index (χ4n) is 1.75. The number of hydrogen-bond donors (Lipinski definition) is 1. The molecule has 0 amide bonds. The molecule has 0 spiro atoms. The lowest BCUT2D eigenvalue weighted by Crippen LogP contribution is -2.24. The highest BCUT2D eigenvalue weighted by molar-refractivity contribution is 8.12. The van der Waals surface area contributed by atoms with Crippen LogP contribution >= 0.6 is 19.8 Å². The van der Waals surface area contributed by atoms with Gasteiger partial charge >= 0.3 is 0 Å². The van der Waals surface area contributed by atoms with Crippen LogP contribution in [0.1, 0.15) is 43.5 Å². The van der Waals surface area contributed by atoms with Crippen molar-refractivity contribution in [2.75, 3.05) is 18.8 Å². The van der Waals surface area contributed by atoms with Crippen molar-refractivity contribution in [1.82, 2.24) is 4.31 Å². The third-order valence-electron chi connectivity index (χ3n) is 2.67. The molecule has 0 atom stereocenters. The van der Waals surface area contributed by atoms with Crippen molar-refractivity contribution in [2.24, 2.45) is 0 Å². The van der Waals surface area contributed by atoms with Crippen LogP contribution < -0.4 is 20.4 Å². The molecule has 1 aromatic carbocycles. The molecule has 2 rings (SSSR count). The van der Waals surface area contributed by atoms with Crippen molar-refractivity contribution in [3.05, 3.63) is 29.8 Å². The second-order valence-corrected chi connectivity index (χ2v) is 6.40. The fourth-order valence-corrected chi connectivity index (χ4v) is 2.66. The highest BCUT2D eigenvalue weighted by atomic mass is 32.2. The molecule has 23 heavy (non-hydrogen) atoms. The molecule has 132 valence electrons. The van der Waals surface area contributed by atoms with Gasteiger partial charge in [-0.3, -0.25) is 4.79 Å². The number of nitrogens with two attached hydrogens (primary N) is 1. The van der Waals surface area contributed by atoms with Crippen LogP contribution in [0.2, 0.25) is 0 Å². The molecule has 2 N–H and O–H groups in total. The number of nitrogen functional groups attached to an aromatic ring is 1. The minimum Gasteiger partial charge on any atom is -0.822 e. The molecular formula is C14H22N2O5PS-3. The first-order chi connectivity index (χ1) is 10.8. The quantitative estimate of drug-likeness (QED) is 0.463. The van der Waals surface area contributed by atoms with Gasteiger partial charge in [0.2, 0.25) is 5.12 Å². The third-order valence-corrected chi connectivity index (χ3v) is 3.70. The zero-order valence-electron chi connectivity index (χ0n) is 13.3. The Bertz CT molecular complexity index is 492. The lowest BCUT2D eigenvalue weighted by atomic mass is 10.2. The normalized spacial score (nSPS) is 14.8. The summed E-state index contributed by atoms with van der Waals surface area (Å²) in [4.78, 5) is 37.6. The summed E-state index contributed by atoms with van der Waals surface area (Å²) in [6, 6.07) is 7.11. The molecule has 0 unspecified atom stereocenters. The van der Waals surface area contributed by atoms with Crippen LogP contribution in [0, 0.1) is 0 Å². The SMILES string of the molecule is CC.Nc1ccc(C(=O)SN2CCCCC2)cc1.O=P([O-])([O-])[O-]. The molecule has 7 nitrogen and oxygen atoms in total. The maximum Gasteiger partial charge on any atom is 0.234 e. The molecule has 0 aromatic heterocycles. The van der Waals surface area contributed by atoms with E-state index in [4.69, 9.17) is 25.0 Å². The summed E-state index contributed by atoms with van der Waals surface area (Å²) >= 11 is 1.33. The standard InChI is InChI=1S/C12H16N2OS.C2H6.H3O4P/c13-11-6-4-10(5-7-11)12(15)16-14-8-2-1-3-9-14;1-2;1-5(2,3)4/h4-7H,1-3,8-9,13H2;1-2H3;(H3,1,2,3,4)/p-3. The number of nitrogens with zero attached hydrogens (tertiary/aromatic N) is 1. The molecule has 1 saturated heterocycles. The second-order valence-electron chi connectivity index (χ2n) is 4.44. The highest BCUT2D eigenvalue weighted by Gasteiger charge is 2.15. The van der Waals surface area contributed by atoms with Gasteiger partial charge in [0.25, 0.3) is 0 Å². The van der Waals surface area contributed by atoms with Gasteiger partial charge < -0.3 is 25.0 Å². The van der Waals surface area contributed by atoms with Gasteiger partial charge in [0.1, 0.15) is 0 Å². The van der Waals surface area contributed by atoms with E-state index in [1.807, 2.05) is 13.8 Å². The summed E-state index contributed by atoms with van der Waals surface area (Å²) < 4.78 is 10.7. The molecule has 0 saturated carbocycles. The van der Waals surface area contributed by atoms with Crippen molar-refractivity contribution in [1.29, 1.82) is 0 Å². The first-order valence-electron chi connectivity index (χ1n) is 7.31. The maximum atomic E-state index is 11.9. The van der Waals surface area contributed by atoms with E-state index in [9.17, 15) is 4.79 Å². The number of carbonyl (C=O) groups is 1. The Hall–Kier alpha value is -0.890. The van der Waals surface area contributed by atoms with Crippen molar-refractivity contribution in [3.8, 4) is 0 Å². The summed E-state index contributed by atoms with van der Waals surface area (Å²) in [5.41, 5.74) is 7.00. The van der Waals surface area contributed by atoms with Crippen LogP contribution in [0.4, 0.5) is 5.69 Å². The van der Waals surface area contributed by atoms with E-state index in [1.165, 1.54) is 31.2 Å². The average molecular weight is 361 g/mol. The zero-order valence-corrected chi connectivity index (χ0v) is 15.0. The van der Waals surface area contributed by atoms with Crippen LogP contribution in [-0.4, -0.2) is 22.5 Å². The number of carbonyl (C=O) groups excluding carboxylic acids is 1. The topological polar surface area (TPSA) is 133 Å². The maximum absolute atomic E-state index is 11.9. The van der Waals surface area contributed by atoms with Crippen LogP contribution in [-0.2, 0) is 4.57 Å². The van der Waals surface area contributed by atoms with Crippen molar-refractivity contribution in [3.63, 3.8) is 0 Å². The minimum atomic E-state index is -5.39. The van der Waals surface area contributed by atoms with Gasteiger partial charge in [-0.1, -0.05) is 20.3 Å². The van der Waals surface area contributed by atoms with Gasteiger partial charge in [-0.05, 0) is 37.1 Å². The average Bonchev–Trinajstić information content (AvgIpc) is 2.49. The van der Waals surface area contributed by atoms with Crippen molar-refractivity contribution in [2.45, 2.75) is 33.1 Å².